The van der Waals surface area contributed by atoms with Gasteiger partial charge in [0.1, 0.15) is 4.83 Å². The minimum atomic E-state index is -0.293. The van der Waals surface area contributed by atoms with Crippen LogP contribution in [-0.2, 0) is 19.5 Å². The second-order valence-corrected chi connectivity index (χ2v) is 6.66. The van der Waals surface area contributed by atoms with Crippen molar-refractivity contribution in [3.63, 3.8) is 0 Å². The van der Waals surface area contributed by atoms with Gasteiger partial charge in [0.15, 0.2) is 0 Å². The Bertz CT molecular complexity index is 954. The normalized spacial score (nSPS) is 11.2. The van der Waals surface area contributed by atoms with Crippen molar-refractivity contribution in [1.29, 1.82) is 0 Å². The topological polar surface area (TPSA) is 64.2 Å². The van der Waals surface area contributed by atoms with E-state index in [1.54, 1.807) is 4.57 Å². The lowest BCUT2D eigenvalue weighted by Crippen LogP contribution is -2.40. The predicted molar refractivity (Wildman–Crippen MR) is 96.9 cm³/mol. The smallest absolute Gasteiger partial charge is 0.332 e. The third-order valence-corrected chi connectivity index (χ3v) is 5.25. The zero-order chi connectivity index (χ0) is 17.1. The van der Waals surface area contributed by atoms with E-state index < -0.39 is 0 Å². The molecule has 0 aliphatic rings. The van der Waals surface area contributed by atoms with Gasteiger partial charge in [-0.15, -0.1) is 11.3 Å². The van der Waals surface area contributed by atoms with Gasteiger partial charge in [-0.3, -0.25) is 13.9 Å². The zero-order valence-electron chi connectivity index (χ0n) is 13.6. The van der Waals surface area contributed by atoms with Crippen LogP contribution in [0, 0.1) is 6.92 Å². The van der Waals surface area contributed by atoms with E-state index >= 15 is 0 Å². The van der Waals surface area contributed by atoms with E-state index in [0.29, 0.717) is 18.4 Å². The molecule has 0 saturated carbocycles. The first-order valence-corrected chi connectivity index (χ1v) is 8.87. The molecular weight excluding hydrogens is 324 g/mol. The second kappa shape index (κ2) is 7.15. The van der Waals surface area contributed by atoms with Crippen molar-refractivity contribution in [2.45, 2.75) is 32.9 Å². The summed E-state index contributed by atoms with van der Waals surface area (Å²) in [6, 6.07) is 9.98. The van der Waals surface area contributed by atoms with Crippen molar-refractivity contribution in [3.8, 4) is 0 Å². The summed E-state index contributed by atoms with van der Waals surface area (Å²) in [4.78, 5) is 26.2. The van der Waals surface area contributed by atoms with Crippen LogP contribution in [0.25, 0.3) is 10.2 Å². The molecule has 0 aliphatic heterocycles. The molecule has 0 amide bonds. The number of hydrogen-bond acceptors (Lipinski definition) is 4. The fourth-order valence-corrected chi connectivity index (χ4v) is 3.92. The van der Waals surface area contributed by atoms with Crippen LogP contribution in [0.1, 0.15) is 17.5 Å². The number of fused-ring (bicyclic) bond motifs is 1. The molecule has 0 radical (unpaired) electrons. The molecule has 1 aromatic carbocycles. The Hall–Kier alpha value is -2.18. The van der Waals surface area contributed by atoms with Gasteiger partial charge in [0.2, 0.25) is 0 Å². The van der Waals surface area contributed by atoms with Gasteiger partial charge in [-0.1, -0.05) is 30.3 Å². The molecule has 0 unspecified atom stereocenters. The van der Waals surface area contributed by atoms with Crippen molar-refractivity contribution < 1.29 is 5.11 Å². The van der Waals surface area contributed by atoms with Gasteiger partial charge in [0.25, 0.3) is 5.56 Å². The lowest BCUT2D eigenvalue weighted by Gasteiger charge is -2.12. The molecule has 0 atom stereocenters. The molecule has 1 N–H and O–H groups in total. The van der Waals surface area contributed by atoms with Crippen LogP contribution in [0.4, 0.5) is 0 Å². The highest BCUT2D eigenvalue weighted by Crippen LogP contribution is 2.21. The number of thiophene rings is 1. The summed E-state index contributed by atoms with van der Waals surface area (Å²) in [5.74, 6) is 0. The van der Waals surface area contributed by atoms with Gasteiger partial charge in [0.05, 0.1) is 5.39 Å². The molecule has 126 valence electrons. The summed E-state index contributed by atoms with van der Waals surface area (Å²) in [6.07, 6.45) is 1.12. The van der Waals surface area contributed by atoms with E-state index in [0.717, 1.165) is 22.4 Å². The predicted octanol–water partition coefficient (Wildman–Crippen LogP) is 2.16. The number of aliphatic hydroxyl groups excluding tert-OH is 1. The summed E-state index contributed by atoms with van der Waals surface area (Å²) < 4.78 is 2.95. The number of aryl methyl sites for hydroxylation is 3. The highest BCUT2D eigenvalue weighted by molar-refractivity contribution is 7.17. The summed E-state index contributed by atoms with van der Waals surface area (Å²) >= 11 is 1.44. The maximum atomic E-state index is 12.8. The Morgan fingerprint density at radius 1 is 1.08 bits per heavy atom. The maximum Gasteiger partial charge on any atom is 0.332 e. The Labute approximate surface area is 143 Å². The van der Waals surface area contributed by atoms with E-state index in [4.69, 9.17) is 5.11 Å². The van der Waals surface area contributed by atoms with E-state index in [2.05, 4.69) is 0 Å². The second-order valence-electron chi connectivity index (χ2n) is 5.80. The van der Waals surface area contributed by atoms with Crippen LogP contribution in [0.2, 0.25) is 0 Å². The van der Waals surface area contributed by atoms with Gasteiger partial charge in [-0.25, -0.2) is 4.79 Å². The quantitative estimate of drug-likeness (QED) is 0.745. The Morgan fingerprint density at radius 3 is 2.54 bits per heavy atom. The van der Waals surface area contributed by atoms with Gasteiger partial charge < -0.3 is 5.11 Å². The lowest BCUT2D eigenvalue weighted by atomic mass is 10.1. The summed E-state index contributed by atoms with van der Waals surface area (Å²) in [5, 5.41) is 11.6. The molecule has 24 heavy (non-hydrogen) atoms. The molecule has 2 heterocycles. The molecule has 2 aromatic heterocycles. The van der Waals surface area contributed by atoms with Crippen LogP contribution in [0.3, 0.4) is 0 Å². The standard InChI is InChI=1S/C18H20N2O3S/c1-13-12-24-17-15(13)16(22)19(9-5-11-21)18(23)20(17)10-8-14-6-3-2-4-7-14/h2-4,6-7,12,21H,5,8-11H2,1H3. The summed E-state index contributed by atoms with van der Waals surface area (Å²) in [5.41, 5.74) is 1.50. The van der Waals surface area contributed by atoms with E-state index in [1.807, 2.05) is 42.6 Å². The first-order valence-electron chi connectivity index (χ1n) is 7.99. The molecular formula is C18H20N2O3S. The van der Waals surface area contributed by atoms with Crippen molar-refractivity contribution >= 4 is 21.6 Å². The SMILES string of the molecule is Cc1csc2c1c(=O)n(CCCO)c(=O)n2CCc1ccccc1. The molecule has 3 aromatic rings. The van der Waals surface area contributed by atoms with Gasteiger partial charge in [-0.2, -0.15) is 0 Å². The number of hydrogen-bond donors (Lipinski definition) is 1. The molecule has 3 rings (SSSR count). The maximum absolute atomic E-state index is 12.8. The van der Waals surface area contributed by atoms with E-state index in [-0.39, 0.29) is 24.4 Å². The molecule has 0 fully saturated rings. The van der Waals surface area contributed by atoms with Crippen molar-refractivity contribution in [2.75, 3.05) is 6.61 Å². The van der Waals surface area contributed by atoms with Gasteiger partial charge in [-0.05, 0) is 36.3 Å². The Morgan fingerprint density at radius 2 is 1.83 bits per heavy atom. The van der Waals surface area contributed by atoms with Crippen LogP contribution < -0.4 is 11.2 Å². The third kappa shape index (κ3) is 3.07. The molecule has 0 bridgehead atoms. The summed E-state index contributed by atoms with van der Waals surface area (Å²) in [7, 11) is 0. The van der Waals surface area contributed by atoms with Crippen LogP contribution in [0.5, 0.6) is 0 Å². The molecule has 0 aliphatic carbocycles. The van der Waals surface area contributed by atoms with E-state index in [9.17, 15) is 9.59 Å². The average Bonchev–Trinajstić information content (AvgIpc) is 2.97. The summed E-state index contributed by atoms with van der Waals surface area (Å²) in [6.45, 7) is 2.61. The number of benzene rings is 1. The lowest BCUT2D eigenvalue weighted by molar-refractivity contribution is 0.277. The monoisotopic (exact) mass is 344 g/mol. The van der Waals surface area contributed by atoms with Gasteiger partial charge in [0, 0.05) is 19.7 Å². The Balaban J connectivity index is 2.08. The number of rotatable bonds is 6. The Kier molecular flexibility index (Phi) is 4.97. The van der Waals surface area contributed by atoms with Crippen LogP contribution in [-0.4, -0.2) is 20.8 Å². The molecule has 0 saturated heterocycles. The number of aliphatic hydroxyl groups is 1. The number of nitrogens with zero attached hydrogens (tertiary/aromatic N) is 2. The minimum Gasteiger partial charge on any atom is -0.396 e. The minimum absolute atomic E-state index is 0.0451. The fourth-order valence-electron chi connectivity index (χ4n) is 2.85. The largest absolute Gasteiger partial charge is 0.396 e. The van der Waals surface area contributed by atoms with Crippen LogP contribution in [0.15, 0.2) is 45.3 Å². The molecule has 5 nitrogen and oxygen atoms in total. The first-order chi connectivity index (χ1) is 11.6. The highest BCUT2D eigenvalue weighted by Gasteiger charge is 2.16. The van der Waals surface area contributed by atoms with Crippen molar-refractivity contribution in [2.24, 2.45) is 0 Å². The zero-order valence-corrected chi connectivity index (χ0v) is 14.4. The first kappa shape index (κ1) is 16.7. The third-order valence-electron chi connectivity index (χ3n) is 4.13. The fraction of sp³-hybridized carbons (Fsp3) is 0.333. The van der Waals surface area contributed by atoms with Crippen molar-refractivity contribution in [3.05, 3.63) is 67.7 Å². The highest BCUT2D eigenvalue weighted by atomic mass is 32.1. The van der Waals surface area contributed by atoms with Crippen LogP contribution >= 0.6 is 11.3 Å². The molecule has 6 heteroatoms. The molecule has 0 spiro atoms. The van der Waals surface area contributed by atoms with Gasteiger partial charge >= 0.3 is 5.69 Å². The van der Waals surface area contributed by atoms with Crippen molar-refractivity contribution in [1.82, 2.24) is 9.13 Å². The number of aromatic nitrogens is 2. The average molecular weight is 344 g/mol. The van der Waals surface area contributed by atoms with E-state index in [1.165, 1.54) is 15.9 Å².